The van der Waals surface area contributed by atoms with E-state index in [2.05, 4.69) is 25.9 Å². The Morgan fingerprint density at radius 1 is 0.947 bits per heavy atom. The first-order valence-corrected chi connectivity index (χ1v) is 14.3. The molecule has 2 saturated carbocycles. The van der Waals surface area contributed by atoms with Crippen molar-refractivity contribution in [2.45, 2.75) is 67.3 Å². The number of aliphatic hydroxyl groups excluding tert-OH is 2. The predicted octanol–water partition coefficient (Wildman–Crippen LogP) is 3.47. The van der Waals surface area contributed by atoms with Crippen LogP contribution in [0.15, 0.2) is 47.4 Å². The van der Waals surface area contributed by atoms with Gasteiger partial charge in [-0.15, -0.1) is 0 Å². The van der Waals surface area contributed by atoms with Crippen molar-refractivity contribution in [1.29, 1.82) is 0 Å². The smallest absolute Gasteiger partial charge is 0.339 e. The van der Waals surface area contributed by atoms with E-state index in [1.54, 1.807) is 18.2 Å². The lowest BCUT2D eigenvalue weighted by Gasteiger charge is -2.29. The molecule has 0 aliphatic heterocycles. The molecule has 38 heavy (non-hydrogen) atoms. The summed E-state index contributed by atoms with van der Waals surface area (Å²) < 4.78 is 31.1. The number of aliphatic hydroxyl groups is 2. The number of H-pyrrole nitrogens is 1. The SMILES string of the molecule is O=C(Nc1nc2ccc(OS(=O)(=O)c3ccc(NC4(CO)CCCC4)cc3)cc2[nH]1)NC1(CO)CCCC1. The number of urea groups is 1. The van der Waals surface area contributed by atoms with E-state index in [0.717, 1.165) is 57.1 Å². The molecule has 5 rings (SSSR count). The van der Waals surface area contributed by atoms with Crippen molar-refractivity contribution in [2.75, 3.05) is 23.8 Å². The van der Waals surface area contributed by atoms with Gasteiger partial charge < -0.3 is 30.0 Å². The average Bonchev–Trinajstić information content (AvgIpc) is 3.64. The molecule has 204 valence electrons. The maximum Gasteiger partial charge on any atom is 0.339 e. The minimum absolute atomic E-state index is 0.000907. The van der Waals surface area contributed by atoms with Crippen LogP contribution in [-0.2, 0) is 10.1 Å². The van der Waals surface area contributed by atoms with E-state index in [9.17, 15) is 23.4 Å². The summed E-state index contributed by atoms with van der Waals surface area (Å²) in [5.74, 6) is 0.282. The first-order chi connectivity index (χ1) is 18.2. The van der Waals surface area contributed by atoms with Gasteiger partial charge in [0.1, 0.15) is 10.6 Å². The molecule has 0 saturated heterocycles. The summed E-state index contributed by atoms with van der Waals surface area (Å²) in [5.41, 5.74) is 0.762. The summed E-state index contributed by atoms with van der Waals surface area (Å²) in [4.78, 5) is 19.7. The van der Waals surface area contributed by atoms with Crippen LogP contribution < -0.4 is 20.1 Å². The minimum Gasteiger partial charge on any atom is -0.394 e. The number of carbonyl (C=O) groups is 1. The number of aromatic amines is 1. The van der Waals surface area contributed by atoms with E-state index in [1.807, 2.05) is 0 Å². The van der Waals surface area contributed by atoms with Crippen LogP contribution in [0.5, 0.6) is 5.75 Å². The number of nitrogens with one attached hydrogen (secondary N) is 4. The molecular weight excluding hydrogens is 510 g/mol. The topological polar surface area (TPSA) is 166 Å². The molecule has 2 aliphatic rings. The van der Waals surface area contributed by atoms with Crippen LogP contribution in [0.4, 0.5) is 16.4 Å². The number of nitrogens with zero attached hydrogens (tertiary/aromatic N) is 1. The number of benzene rings is 2. The van der Waals surface area contributed by atoms with Crippen molar-refractivity contribution in [3.8, 4) is 5.75 Å². The zero-order valence-electron chi connectivity index (χ0n) is 21.0. The second-order valence-electron chi connectivity index (χ2n) is 10.3. The normalized spacial score (nSPS) is 18.4. The number of hydrogen-bond donors (Lipinski definition) is 6. The lowest BCUT2D eigenvalue weighted by molar-refractivity contribution is 0.167. The van der Waals surface area contributed by atoms with Crippen LogP contribution in [-0.4, -0.2) is 58.9 Å². The standard InChI is InChI=1S/C26H33N5O6S/c32-16-25(11-1-2-12-25)30-18-5-8-20(9-6-18)38(35,36)37-19-7-10-21-22(15-19)28-23(27-21)29-24(34)31-26(17-33)13-3-4-14-26/h5-10,15,30,32-33H,1-4,11-14,16-17H2,(H3,27,28,29,31,34). The fourth-order valence-electron chi connectivity index (χ4n) is 5.41. The largest absolute Gasteiger partial charge is 0.394 e. The molecule has 3 aromatic rings. The second-order valence-corrected chi connectivity index (χ2v) is 11.9. The average molecular weight is 544 g/mol. The summed E-state index contributed by atoms with van der Waals surface area (Å²) in [7, 11) is -4.10. The lowest BCUT2D eigenvalue weighted by atomic mass is 9.98. The van der Waals surface area contributed by atoms with E-state index >= 15 is 0 Å². The van der Waals surface area contributed by atoms with Gasteiger partial charge >= 0.3 is 16.1 Å². The zero-order valence-corrected chi connectivity index (χ0v) is 21.8. The maximum absolute atomic E-state index is 12.9. The van der Waals surface area contributed by atoms with Gasteiger partial charge in [0.15, 0.2) is 0 Å². The molecule has 0 unspecified atom stereocenters. The van der Waals surface area contributed by atoms with Gasteiger partial charge in [0.2, 0.25) is 5.95 Å². The van der Waals surface area contributed by atoms with Gasteiger partial charge in [0, 0.05) is 11.8 Å². The molecule has 2 aromatic carbocycles. The highest BCUT2D eigenvalue weighted by atomic mass is 32.2. The third kappa shape index (κ3) is 5.57. The first kappa shape index (κ1) is 26.3. The maximum atomic E-state index is 12.9. The van der Waals surface area contributed by atoms with Crippen LogP contribution in [0.2, 0.25) is 0 Å². The summed E-state index contributed by atoms with van der Waals surface area (Å²) in [6.07, 6.45) is 7.16. The van der Waals surface area contributed by atoms with Gasteiger partial charge in [-0.2, -0.15) is 8.42 Å². The van der Waals surface area contributed by atoms with Gasteiger partial charge in [-0.3, -0.25) is 5.32 Å². The number of anilines is 2. The molecule has 1 aromatic heterocycles. The number of aromatic nitrogens is 2. The van der Waals surface area contributed by atoms with Crippen LogP contribution in [0, 0.1) is 0 Å². The van der Waals surface area contributed by atoms with Crippen molar-refractivity contribution in [3.05, 3.63) is 42.5 Å². The summed E-state index contributed by atoms with van der Waals surface area (Å²) in [6.45, 7) is -0.101. The number of rotatable bonds is 9. The molecule has 2 fully saturated rings. The van der Waals surface area contributed by atoms with Crippen molar-refractivity contribution in [3.63, 3.8) is 0 Å². The van der Waals surface area contributed by atoms with Gasteiger partial charge in [0.05, 0.1) is 35.3 Å². The Bertz CT molecular complexity index is 1390. The number of fused-ring (bicyclic) bond motifs is 1. The quantitative estimate of drug-likeness (QED) is 0.223. The van der Waals surface area contributed by atoms with Gasteiger partial charge in [0.25, 0.3) is 0 Å². The molecule has 0 radical (unpaired) electrons. The Labute approximate surface area is 221 Å². The van der Waals surface area contributed by atoms with Crippen LogP contribution in [0.1, 0.15) is 51.4 Å². The number of imidazole rings is 1. The Kier molecular flexibility index (Phi) is 7.21. The molecule has 0 bridgehead atoms. The molecule has 1 heterocycles. The van der Waals surface area contributed by atoms with E-state index < -0.39 is 21.7 Å². The highest BCUT2D eigenvalue weighted by Crippen LogP contribution is 2.33. The van der Waals surface area contributed by atoms with E-state index in [0.29, 0.717) is 11.0 Å². The van der Waals surface area contributed by atoms with Crippen LogP contribution in [0.25, 0.3) is 11.0 Å². The van der Waals surface area contributed by atoms with Crippen LogP contribution >= 0.6 is 0 Å². The highest BCUT2D eigenvalue weighted by molar-refractivity contribution is 7.87. The third-order valence-electron chi connectivity index (χ3n) is 7.55. The Hall–Kier alpha value is -3.35. The zero-order chi connectivity index (χ0) is 26.8. The van der Waals surface area contributed by atoms with E-state index in [4.69, 9.17) is 4.18 Å². The highest BCUT2D eigenvalue weighted by Gasteiger charge is 2.35. The minimum atomic E-state index is -4.10. The predicted molar refractivity (Wildman–Crippen MR) is 143 cm³/mol. The monoisotopic (exact) mass is 543 g/mol. The Morgan fingerprint density at radius 3 is 2.21 bits per heavy atom. The Morgan fingerprint density at radius 2 is 1.58 bits per heavy atom. The number of amides is 2. The fraction of sp³-hybridized carbons (Fsp3) is 0.462. The molecule has 12 heteroatoms. The summed E-state index contributed by atoms with van der Waals surface area (Å²) in [6, 6.07) is 10.4. The molecule has 0 atom stereocenters. The molecule has 0 spiro atoms. The molecule has 2 amide bonds. The van der Waals surface area contributed by atoms with Crippen molar-refractivity contribution in [1.82, 2.24) is 15.3 Å². The summed E-state index contributed by atoms with van der Waals surface area (Å²) in [5, 5.41) is 28.3. The van der Waals surface area contributed by atoms with E-state index in [1.165, 1.54) is 24.3 Å². The molecule has 6 N–H and O–H groups in total. The lowest BCUT2D eigenvalue weighted by Crippen LogP contribution is -2.50. The molecule has 11 nitrogen and oxygen atoms in total. The first-order valence-electron chi connectivity index (χ1n) is 12.9. The van der Waals surface area contributed by atoms with Crippen LogP contribution in [0.3, 0.4) is 0 Å². The van der Waals surface area contributed by atoms with Crippen molar-refractivity contribution in [2.24, 2.45) is 0 Å². The number of hydrogen-bond acceptors (Lipinski definition) is 8. The van der Waals surface area contributed by atoms with Crippen molar-refractivity contribution >= 4 is 38.8 Å². The fourth-order valence-corrected chi connectivity index (χ4v) is 6.34. The van der Waals surface area contributed by atoms with E-state index in [-0.39, 0.29) is 35.3 Å². The van der Waals surface area contributed by atoms with Crippen molar-refractivity contribution < 1.29 is 27.6 Å². The molecular formula is C26H33N5O6S. The summed E-state index contributed by atoms with van der Waals surface area (Å²) >= 11 is 0. The second kappa shape index (κ2) is 10.4. The molecule has 2 aliphatic carbocycles. The third-order valence-corrected chi connectivity index (χ3v) is 8.81. The van der Waals surface area contributed by atoms with Gasteiger partial charge in [-0.1, -0.05) is 25.7 Å². The number of carbonyl (C=O) groups excluding carboxylic acids is 1. The Balaban J connectivity index is 1.24. The van der Waals surface area contributed by atoms with Gasteiger partial charge in [-0.05, 0) is 62.1 Å². The van der Waals surface area contributed by atoms with Gasteiger partial charge in [-0.25, -0.2) is 9.78 Å².